The molecule has 4 aromatic heterocycles. The Bertz CT molecular complexity index is 3260. The zero-order valence-corrected chi connectivity index (χ0v) is 30.3. The Morgan fingerprint density at radius 2 is 1.16 bits per heavy atom. The van der Waals surface area contributed by atoms with Crippen LogP contribution >= 0.6 is 0 Å². The number of allylic oxidation sites excluding steroid dienone is 6. The van der Waals surface area contributed by atoms with Crippen molar-refractivity contribution < 1.29 is 0 Å². The molecule has 0 amide bonds. The summed E-state index contributed by atoms with van der Waals surface area (Å²) in [6, 6.07) is 53.1. The van der Waals surface area contributed by atoms with Gasteiger partial charge in [0.2, 0.25) is 0 Å². The van der Waals surface area contributed by atoms with Crippen molar-refractivity contribution in [2.24, 2.45) is 0 Å². The highest BCUT2D eigenvalue weighted by Crippen LogP contribution is 2.42. The van der Waals surface area contributed by atoms with Crippen LogP contribution in [0.2, 0.25) is 0 Å². The van der Waals surface area contributed by atoms with Gasteiger partial charge in [0, 0.05) is 44.8 Å². The lowest BCUT2D eigenvalue weighted by atomic mass is 9.92. The van der Waals surface area contributed by atoms with Gasteiger partial charge in [-0.3, -0.25) is 4.40 Å². The third-order valence-corrected chi connectivity index (χ3v) is 10.8. The first-order valence-corrected chi connectivity index (χ1v) is 19.0. The predicted molar refractivity (Wildman–Crippen MR) is 231 cm³/mol. The summed E-state index contributed by atoms with van der Waals surface area (Å²) in [6.07, 6.45) is 13.8. The van der Waals surface area contributed by atoms with Gasteiger partial charge < -0.3 is 0 Å². The summed E-state index contributed by atoms with van der Waals surface area (Å²) in [5.41, 5.74) is 11.4. The van der Waals surface area contributed by atoms with Crippen LogP contribution in [0.4, 0.5) is 0 Å². The molecule has 0 saturated heterocycles. The summed E-state index contributed by atoms with van der Waals surface area (Å²) in [6.45, 7) is 0. The van der Waals surface area contributed by atoms with Gasteiger partial charge in [-0.25, -0.2) is 19.9 Å². The minimum absolute atomic E-state index is 0.695. The molecule has 6 aromatic carbocycles. The van der Waals surface area contributed by atoms with E-state index in [0.29, 0.717) is 5.82 Å². The maximum Gasteiger partial charge on any atom is 0.165 e. The summed E-state index contributed by atoms with van der Waals surface area (Å²) in [5, 5.41) is 6.84. The Hall–Kier alpha value is -7.50. The number of pyridine rings is 2. The van der Waals surface area contributed by atoms with Crippen LogP contribution < -0.4 is 0 Å². The van der Waals surface area contributed by atoms with E-state index in [4.69, 9.17) is 19.9 Å². The Kier molecular flexibility index (Phi) is 7.49. The summed E-state index contributed by atoms with van der Waals surface area (Å²) in [7, 11) is 0. The lowest BCUT2D eigenvalue weighted by molar-refractivity contribution is 1.16. The molecule has 10 aromatic rings. The number of fused-ring (bicyclic) bond motifs is 8. The fourth-order valence-electron chi connectivity index (χ4n) is 8.19. The van der Waals surface area contributed by atoms with Crippen molar-refractivity contribution in [2.75, 3.05) is 0 Å². The quantitative estimate of drug-likeness (QED) is 0.167. The van der Waals surface area contributed by atoms with Crippen LogP contribution in [0.15, 0.2) is 188 Å². The molecule has 1 aliphatic carbocycles. The average Bonchev–Trinajstić information content (AvgIpc) is 3.43. The molecule has 0 unspecified atom stereocenters. The fraction of sp³-hybridized carbons (Fsp3) is 0.0196. The molecule has 5 nitrogen and oxygen atoms in total. The number of nitrogens with zero attached hydrogens (tertiary/aromatic N) is 5. The van der Waals surface area contributed by atoms with Gasteiger partial charge in [-0.2, -0.15) is 0 Å². The van der Waals surface area contributed by atoms with E-state index in [1.807, 2.05) is 24.4 Å². The van der Waals surface area contributed by atoms with Gasteiger partial charge in [-0.1, -0.05) is 164 Å². The van der Waals surface area contributed by atoms with Gasteiger partial charge in [-0.05, 0) is 51.7 Å². The van der Waals surface area contributed by atoms with Crippen LogP contribution in [0, 0.1) is 0 Å². The van der Waals surface area contributed by atoms with E-state index in [1.54, 1.807) is 0 Å². The van der Waals surface area contributed by atoms with Crippen molar-refractivity contribution in [2.45, 2.75) is 6.42 Å². The SMILES string of the molecule is C1=CCC=CC(c2nc(-c3cc4ccccc4c4ccccc34)nc(-c3ccccc3)c2-c2ccc(-c3nc4c(nc5ccccn54)c4ccccc34)cc2)=C1. The first kappa shape index (κ1) is 32.0. The molecule has 0 radical (unpaired) electrons. The molecular weight excluding hydrogens is 683 g/mol. The van der Waals surface area contributed by atoms with Gasteiger partial charge in [0.05, 0.1) is 17.1 Å². The lowest BCUT2D eigenvalue weighted by Gasteiger charge is -2.19. The van der Waals surface area contributed by atoms with Crippen LogP contribution in [-0.2, 0) is 0 Å². The number of benzene rings is 6. The van der Waals surface area contributed by atoms with Crippen LogP contribution in [0.25, 0.3) is 99.7 Å². The molecule has 4 heterocycles. The third-order valence-electron chi connectivity index (χ3n) is 10.8. The molecule has 56 heavy (non-hydrogen) atoms. The standard InChI is InChI=1S/C51H33N5/c1-2-5-17-34(16-4-1)47-45(33-27-29-36(30-28-33)46-41-24-12-13-25-42(41)49-51(55-46)56-31-15-14-26-44(56)52-49)48(35-18-6-3-7-19-35)54-50(53-47)43-32-37-20-8-9-21-38(37)39-22-10-11-23-40(39)43/h1,3-32H,2H2. The number of hydrogen-bond acceptors (Lipinski definition) is 4. The second-order valence-corrected chi connectivity index (χ2v) is 14.2. The maximum atomic E-state index is 5.52. The molecule has 11 rings (SSSR count). The van der Waals surface area contributed by atoms with Crippen molar-refractivity contribution >= 4 is 54.7 Å². The van der Waals surface area contributed by atoms with Gasteiger partial charge in [-0.15, -0.1) is 0 Å². The average molecular weight is 716 g/mol. The zero-order valence-electron chi connectivity index (χ0n) is 30.3. The van der Waals surface area contributed by atoms with E-state index >= 15 is 0 Å². The Labute approximate surface area is 323 Å². The van der Waals surface area contributed by atoms with Crippen molar-refractivity contribution in [3.63, 3.8) is 0 Å². The Balaban J connectivity index is 1.16. The highest BCUT2D eigenvalue weighted by Gasteiger charge is 2.23. The molecule has 0 fully saturated rings. The second kappa shape index (κ2) is 13.1. The van der Waals surface area contributed by atoms with Crippen molar-refractivity contribution in [1.29, 1.82) is 0 Å². The second-order valence-electron chi connectivity index (χ2n) is 14.2. The van der Waals surface area contributed by atoms with Crippen molar-refractivity contribution in [1.82, 2.24) is 24.3 Å². The molecular formula is C51H33N5. The number of rotatable bonds is 5. The molecule has 262 valence electrons. The monoisotopic (exact) mass is 715 g/mol. The number of aromatic nitrogens is 5. The van der Waals surface area contributed by atoms with Crippen LogP contribution in [0.3, 0.4) is 0 Å². The van der Waals surface area contributed by atoms with Crippen LogP contribution in [-0.4, -0.2) is 24.3 Å². The Morgan fingerprint density at radius 1 is 0.482 bits per heavy atom. The van der Waals surface area contributed by atoms with E-state index in [1.165, 1.54) is 10.8 Å². The maximum absolute atomic E-state index is 5.52. The van der Waals surface area contributed by atoms with E-state index in [2.05, 4.69) is 168 Å². The fourth-order valence-corrected chi connectivity index (χ4v) is 8.19. The van der Waals surface area contributed by atoms with Gasteiger partial charge in [0.25, 0.3) is 0 Å². The zero-order chi connectivity index (χ0) is 37.0. The van der Waals surface area contributed by atoms with Crippen molar-refractivity contribution in [3.8, 4) is 45.0 Å². The molecule has 0 aliphatic heterocycles. The van der Waals surface area contributed by atoms with Gasteiger partial charge in [0.15, 0.2) is 11.5 Å². The summed E-state index contributed by atoms with van der Waals surface area (Å²) >= 11 is 0. The first-order valence-electron chi connectivity index (χ1n) is 19.0. The number of hydrogen-bond donors (Lipinski definition) is 0. The largest absolute Gasteiger partial charge is 0.284 e. The molecule has 1 aliphatic rings. The highest BCUT2D eigenvalue weighted by atomic mass is 15.1. The lowest BCUT2D eigenvalue weighted by Crippen LogP contribution is -2.03. The van der Waals surface area contributed by atoms with E-state index < -0.39 is 0 Å². The summed E-state index contributed by atoms with van der Waals surface area (Å²) in [5.74, 6) is 0.695. The summed E-state index contributed by atoms with van der Waals surface area (Å²) in [4.78, 5) is 21.3. The highest BCUT2D eigenvalue weighted by molar-refractivity contribution is 6.13. The molecule has 0 spiro atoms. The number of imidazole rings is 1. The van der Waals surface area contributed by atoms with E-state index in [-0.39, 0.29) is 0 Å². The smallest absolute Gasteiger partial charge is 0.165 e. The molecule has 5 heteroatoms. The van der Waals surface area contributed by atoms with Gasteiger partial charge >= 0.3 is 0 Å². The van der Waals surface area contributed by atoms with E-state index in [9.17, 15) is 0 Å². The minimum atomic E-state index is 0.695. The van der Waals surface area contributed by atoms with Crippen molar-refractivity contribution in [3.05, 3.63) is 194 Å². The molecule has 0 bridgehead atoms. The predicted octanol–water partition coefficient (Wildman–Crippen LogP) is 12.7. The Morgan fingerprint density at radius 3 is 2.02 bits per heavy atom. The van der Waals surface area contributed by atoms with Crippen LogP contribution in [0.1, 0.15) is 12.1 Å². The normalized spacial score (nSPS) is 12.9. The molecule has 0 N–H and O–H groups in total. The minimum Gasteiger partial charge on any atom is -0.284 e. The summed E-state index contributed by atoms with van der Waals surface area (Å²) < 4.78 is 2.07. The van der Waals surface area contributed by atoms with Crippen LogP contribution in [0.5, 0.6) is 0 Å². The first-order chi connectivity index (χ1) is 27.8. The molecule has 0 saturated carbocycles. The third kappa shape index (κ3) is 5.24. The topological polar surface area (TPSA) is 56.0 Å². The van der Waals surface area contributed by atoms with Gasteiger partial charge in [0.1, 0.15) is 11.2 Å². The van der Waals surface area contributed by atoms with E-state index in [0.717, 1.165) is 95.2 Å². The molecule has 0 atom stereocenters.